The molecule has 2 aliphatic rings. The Morgan fingerprint density at radius 1 is 1.10 bits per heavy atom. The third-order valence-corrected chi connectivity index (χ3v) is 6.31. The lowest BCUT2D eigenvalue weighted by molar-refractivity contribution is -0.114. The van der Waals surface area contributed by atoms with Crippen molar-refractivity contribution < 1.29 is 9.90 Å². The van der Waals surface area contributed by atoms with E-state index in [1.54, 1.807) is 6.21 Å². The van der Waals surface area contributed by atoms with Crippen molar-refractivity contribution in [2.24, 2.45) is 4.99 Å². The SMILES string of the molecule is C#C.C/C=C(/Cc1cc2c(cc1C)C(C)(C)C=CC2(C)C)N=CCC1=C(O)CCC1=O. The molecule has 0 spiro atoms. The second kappa shape index (κ2) is 9.52. The number of ketones is 1. The van der Waals surface area contributed by atoms with Crippen molar-refractivity contribution in [2.45, 2.75) is 78.1 Å². The van der Waals surface area contributed by atoms with E-state index < -0.39 is 0 Å². The van der Waals surface area contributed by atoms with Crippen molar-refractivity contribution in [1.82, 2.24) is 0 Å². The molecule has 0 atom stereocenters. The molecule has 1 aromatic rings. The third-order valence-electron chi connectivity index (χ3n) is 6.31. The number of rotatable bonds is 5. The first-order valence-corrected chi connectivity index (χ1v) is 10.9. The zero-order chi connectivity index (χ0) is 23.4. The van der Waals surface area contributed by atoms with Gasteiger partial charge in [0, 0.05) is 54.0 Å². The molecule has 2 aliphatic carbocycles. The van der Waals surface area contributed by atoms with Gasteiger partial charge in [-0.25, -0.2) is 0 Å². The van der Waals surface area contributed by atoms with Crippen molar-refractivity contribution in [2.75, 3.05) is 0 Å². The van der Waals surface area contributed by atoms with Gasteiger partial charge in [-0.1, -0.05) is 58.1 Å². The summed E-state index contributed by atoms with van der Waals surface area (Å²) in [6.45, 7) is 13.2. The van der Waals surface area contributed by atoms with Crippen LogP contribution in [-0.4, -0.2) is 17.1 Å². The topological polar surface area (TPSA) is 49.7 Å². The summed E-state index contributed by atoms with van der Waals surface area (Å²) in [4.78, 5) is 16.4. The Labute approximate surface area is 187 Å². The zero-order valence-electron chi connectivity index (χ0n) is 19.7. The average Bonchev–Trinajstić information content (AvgIpc) is 3.05. The molecule has 0 heterocycles. The van der Waals surface area contributed by atoms with Crippen molar-refractivity contribution in [1.29, 1.82) is 0 Å². The predicted molar refractivity (Wildman–Crippen MR) is 131 cm³/mol. The molecule has 0 saturated heterocycles. The van der Waals surface area contributed by atoms with Crippen LogP contribution < -0.4 is 0 Å². The fraction of sp³-hybridized carbons (Fsp3) is 0.429. The number of benzene rings is 1. The molecule has 164 valence electrons. The normalized spacial score (nSPS) is 19.4. The van der Waals surface area contributed by atoms with E-state index >= 15 is 0 Å². The van der Waals surface area contributed by atoms with Gasteiger partial charge >= 0.3 is 0 Å². The average molecular weight is 418 g/mol. The summed E-state index contributed by atoms with van der Waals surface area (Å²) in [5, 5.41) is 9.83. The van der Waals surface area contributed by atoms with Gasteiger partial charge in [0.25, 0.3) is 0 Å². The van der Waals surface area contributed by atoms with Gasteiger partial charge < -0.3 is 5.11 Å². The lowest BCUT2D eigenvalue weighted by Crippen LogP contribution is -2.29. The summed E-state index contributed by atoms with van der Waals surface area (Å²) in [6, 6.07) is 4.69. The number of allylic oxidation sites excluding steroid dienone is 6. The molecule has 31 heavy (non-hydrogen) atoms. The second-order valence-corrected chi connectivity index (χ2v) is 9.42. The van der Waals surface area contributed by atoms with Crippen LogP contribution in [0, 0.1) is 19.8 Å². The van der Waals surface area contributed by atoms with Crippen LogP contribution in [0.5, 0.6) is 0 Å². The molecule has 0 unspecified atom stereocenters. The van der Waals surface area contributed by atoms with Gasteiger partial charge in [0.15, 0.2) is 5.78 Å². The quantitative estimate of drug-likeness (QED) is 0.340. The van der Waals surface area contributed by atoms with Crippen LogP contribution >= 0.6 is 0 Å². The number of nitrogens with zero attached hydrogens (tertiary/aromatic N) is 1. The summed E-state index contributed by atoms with van der Waals surface area (Å²) in [6.07, 6.45) is 18.5. The standard InChI is InChI=1S/C26H33NO2.C2H2/c1-7-19(27-13-10-20-23(28)8-9-24(20)29)15-18-16-22-21(14-17(18)2)25(3,4)11-12-26(22,5)6;1-2/h7,11-14,16,28H,8-10,15H2,1-6H3;1-2H/b19-7-,27-13?;. The van der Waals surface area contributed by atoms with E-state index in [9.17, 15) is 9.90 Å². The van der Waals surface area contributed by atoms with Crippen molar-refractivity contribution >= 4 is 12.0 Å². The molecular formula is C28H35NO2. The number of aliphatic hydroxyl groups is 1. The number of terminal acetylenes is 1. The number of hydrogen-bond donors (Lipinski definition) is 1. The Kier molecular flexibility index (Phi) is 7.49. The predicted octanol–water partition coefficient (Wildman–Crippen LogP) is 6.45. The Morgan fingerprint density at radius 2 is 1.68 bits per heavy atom. The van der Waals surface area contributed by atoms with Crippen LogP contribution in [0.4, 0.5) is 0 Å². The maximum absolute atomic E-state index is 11.8. The first-order valence-electron chi connectivity index (χ1n) is 10.9. The van der Waals surface area contributed by atoms with Gasteiger partial charge in [-0.3, -0.25) is 9.79 Å². The number of hydrogen-bond acceptors (Lipinski definition) is 3. The van der Waals surface area contributed by atoms with E-state index in [4.69, 9.17) is 0 Å². The molecule has 0 aliphatic heterocycles. The van der Waals surface area contributed by atoms with Crippen molar-refractivity contribution in [3.8, 4) is 12.8 Å². The lowest BCUT2D eigenvalue weighted by Gasteiger charge is -2.37. The molecule has 1 aromatic carbocycles. The second-order valence-electron chi connectivity index (χ2n) is 9.42. The maximum Gasteiger partial charge on any atom is 0.163 e. The van der Waals surface area contributed by atoms with Crippen LogP contribution in [0.3, 0.4) is 0 Å². The highest BCUT2D eigenvalue weighted by Gasteiger charge is 2.33. The Bertz CT molecular complexity index is 997. The molecule has 0 amide bonds. The van der Waals surface area contributed by atoms with Gasteiger partial charge in [-0.05, 0) is 36.1 Å². The first-order chi connectivity index (χ1) is 14.5. The summed E-state index contributed by atoms with van der Waals surface area (Å²) in [5.74, 6) is 0.270. The molecule has 0 saturated carbocycles. The lowest BCUT2D eigenvalue weighted by atomic mass is 9.67. The molecule has 0 radical (unpaired) electrons. The molecule has 0 aromatic heterocycles. The summed E-state index contributed by atoms with van der Waals surface area (Å²) >= 11 is 0. The van der Waals surface area contributed by atoms with E-state index in [0.717, 1.165) is 12.1 Å². The largest absolute Gasteiger partial charge is 0.512 e. The third kappa shape index (κ3) is 5.25. The van der Waals surface area contributed by atoms with Crippen LogP contribution in [-0.2, 0) is 22.0 Å². The Morgan fingerprint density at radius 3 is 2.19 bits per heavy atom. The number of carbonyl (C=O) groups excluding carboxylic acids is 1. The number of carbonyl (C=O) groups is 1. The highest BCUT2D eigenvalue weighted by atomic mass is 16.3. The van der Waals surface area contributed by atoms with Gasteiger partial charge in [0.2, 0.25) is 0 Å². The van der Waals surface area contributed by atoms with Gasteiger partial charge in [0.05, 0.1) is 5.76 Å². The van der Waals surface area contributed by atoms with Crippen LogP contribution in [0.15, 0.2) is 52.4 Å². The minimum Gasteiger partial charge on any atom is -0.512 e. The minimum atomic E-state index is 0.0134. The number of aryl methyl sites for hydroxylation is 1. The highest BCUT2D eigenvalue weighted by molar-refractivity contribution is 6.00. The maximum atomic E-state index is 11.8. The van der Waals surface area contributed by atoms with E-state index in [0.29, 0.717) is 24.8 Å². The van der Waals surface area contributed by atoms with E-state index in [2.05, 4.69) is 76.7 Å². The fourth-order valence-corrected chi connectivity index (χ4v) is 4.20. The molecule has 3 rings (SSSR count). The molecular weight excluding hydrogens is 382 g/mol. The summed E-state index contributed by atoms with van der Waals surface area (Å²) in [5.41, 5.74) is 6.90. The van der Waals surface area contributed by atoms with Gasteiger partial charge in [-0.15, -0.1) is 12.8 Å². The van der Waals surface area contributed by atoms with Crippen molar-refractivity contribution in [3.05, 3.63) is 69.6 Å². The number of aliphatic hydroxyl groups excluding tert-OH is 1. The molecule has 3 nitrogen and oxygen atoms in total. The number of fused-ring (bicyclic) bond motifs is 1. The Balaban J connectivity index is 0.00000166. The fourth-order valence-electron chi connectivity index (χ4n) is 4.20. The number of Topliss-reactive ketones (excluding diaryl/α,β-unsaturated/α-hetero) is 1. The van der Waals surface area contributed by atoms with Crippen LogP contribution in [0.1, 0.15) is 76.1 Å². The molecule has 0 bridgehead atoms. The van der Waals surface area contributed by atoms with Gasteiger partial charge in [0.1, 0.15) is 0 Å². The summed E-state index contributed by atoms with van der Waals surface area (Å²) < 4.78 is 0. The minimum absolute atomic E-state index is 0.0134. The molecule has 1 N–H and O–H groups in total. The van der Waals surface area contributed by atoms with Crippen LogP contribution in [0.25, 0.3) is 0 Å². The van der Waals surface area contributed by atoms with E-state index in [1.165, 1.54) is 22.3 Å². The monoisotopic (exact) mass is 417 g/mol. The molecule has 3 heteroatoms. The van der Waals surface area contributed by atoms with Gasteiger partial charge in [-0.2, -0.15) is 0 Å². The summed E-state index contributed by atoms with van der Waals surface area (Å²) in [7, 11) is 0. The number of aliphatic imine (C=N–C) groups is 1. The van der Waals surface area contributed by atoms with Crippen LogP contribution in [0.2, 0.25) is 0 Å². The van der Waals surface area contributed by atoms with E-state index in [-0.39, 0.29) is 22.4 Å². The zero-order valence-corrected chi connectivity index (χ0v) is 19.7. The first kappa shape index (κ1) is 24.4. The van der Waals surface area contributed by atoms with Crippen molar-refractivity contribution in [3.63, 3.8) is 0 Å². The molecule has 0 fully saturated rings. The highest BCUT2D eigenvalue weighted by Crippen LogP contribution is 2.42. The van der Waals surface area contributed by atoms with E-state index in [1.807, 2.05) is 13.0 Å². The smallest absolute Gasteiger partial charge is 0.163 e. The Hall–Kier alpha value is -2.86.